The highest BCUT2D eigenvalue weighted by molar-refractivity contribution is 7.10. The van der Waals surface area contributed by atoms with Gasteiger partial charge in [0.1, 0.15) is 0 Å². The maximum atomic E-state index is 13.1. The average Bonchev–Trinajstić information content (AvgIpc) is 3.12. The van der Waals surface area contributed by atoms with E-state index in [-0.39, 0.29) is 11.9 Å². The van der Waals surface area contributed by atoms with Crippen LogP contribution in [0.4, 0.5) is 0 Å². The molecule has 1 aliphatic heterocycles. The Balaban J connectivity index is 1.65. The molecule has 0 saturated heterocycles. The first kappa shape index (κ1) is 16.4. The van der Waals surface area contributed by atoms with E-state index in [4.69, 9.17) is 11.6 Å². The molecule has 0 saturated carbocycles. The van der Waals surface area contributed by atoms with Crippen molar-refractivity contribution in [3.8, 4) is 0 Å². The Hall–Kier alpha value is -2.10. The summed E-state index contributed by atoms with van der Waals surface area (Å²) in [5, 5.41) is 2.83. The number of thiophene rings is 1. The third kappa shape index (κ3) is 3.35. The van der Waals surface area contributed by atoms with Gasteiger partial charge in [0, 0.05) is 16.4 Å². The third-order valence-corrected chi connectivity index (χ3v) is 5.92. The van der Waals surface area contributed by atoms with Crippen LogP contribution >= 0.6 is 22.9 Å². The summed E-state index contributed by atoms with van der Waals surface area (Å²) >= 11 is 7.74. The van der Waals surface area contributed by atoms with Crippen LogP contribution in [-0.2, 0) is 17.6 Å². The summed E-state index contributed by atoms with van der Waals surface area (Å²) in [5.74, 6) is 0.160. The molecule has 1 aromatic heterocycles. The second kappa shape index (κ2) is 7.03. The fraction of sp³-hybridized carbons (Fsp3) is 0.190. The van der Waals surface area contributed by atoms with Gasteiger partial charge in [0.2, 0.25) is 5.91 Å². The van der Waals surface area contributed by atoms with Gasteiger partial charge in [-0.25, -0.2) is 0 Å². The van der Waals surface area contributed by atoms with Gasteiger partial charge < -0.3 is 4.90 Å². The number of hydrogen-bond acceptors (Lipinski definition) is 2. The van der Waals surface area contributed by atoms with Gasteiger partial charge in [-0.15, -0.1) is 11.3 Å². The molecule has 2 nitrogen and oxygen atoms in total. The SMILES string of the molecule is O=C(Cc1ccc(Cl)cc1)N1CCc2sccc2C1c1ccccc1. The number of halogens is 1. The molecular formula is C21H18ClNOS. The summed E-state index contributed by atoms with van der Waals surface area (Å²) in [7, 11) is 0. The van der Waals surface area contributed by atoms with Crippen molar-refractivity contribution in [1.29, 1.82) is 0 Å². The molecule has 0 bridgehead atoms. The van der Waals surface area contributed by atoms with E-state index in [1.807, 2.05) is 47.4 Å². The Morgan fingerprint density at radius 1 is 1.08 bits per heavy atom. The normalized spacial score (nSPS) is 16.5. The number of nitrogens with zero attached hydrogens (tertiary/aromatic N) is 1. The maximum absolute atomic E-state index is 13.1. The minimum atomic E-state index is 0.0102. The zero-order chi connectivity index (χ0) is 17.2. The van der Waals surface area contributed by atoms with Crippen LogP contribution in [0.25, 0.3) is 0 Å². The lowest BCUT2D eigenvalue weighted by Crippen LogP contribution is -2.40. The fourth-order valence-corrected chi connectivity index (χ4v) is 4.49. The van der Waals surface area contributed by atoms with Crippen LogP contribution in [0.15, 0.2) is 66.0 Å². The van der Waals surface area contributed by atoms with Crippen LogP contribution in [0.5, 0.6) is 0 Å². The lowest BCUT2D eigenvalue weighted by molar-refractivity contribution is -0.132. The first-order chi connectivity index (χ1) is 12.2. The molecule has 25 heavy (non-hydrogen) atoms. The topological polar surface area (TPSA) is 20.3 Å². The van der Waals surface area contributed by atoms with E-state index in [2.05, 4.69) is 23.6 Å². The summed E-state index contributed by atoms with van der Waals surface area (Å²) < 4.78 is 0. The average molecular weight is 368 g/mol. The minimum Gasteiger partial charge on any atom is -0.331 e. The molecule has 4 heteroatoms. The zero-order valence-corrected chi connectivity index (χ0v) is 15.3. The van der Waals surface area contributed by atoms with Crippen molar-refractivity contribution in [3.05, 3.63) is 92.6 Å². The first-order valence-electron chi connectivity index (χ1n) is 8.37. The molecule has 1 amide bonds. The van der Waals surface area contributed by atoms with E-state index in [1.54, 1.807) is 11.3 Å². The van der Waals surface area contributed by atoms with Crippen LogP contribution in [0.1, 0.15) is 27.6 Å². The number of amides is 1. The van der Waals surface area contributed by atoms with Crippen molar-refractivity contribution in [3.63, 3.8) is 0 Å². The Morgan fingerprint density at radius 3 is 2.60 bits per heavy atom. The molecule has 0 N–H and O–H groups in total. The van der Waals surface area contributed by atoms with Crippen LogP contribution in [-0.4, -0.2) is 17.4 Å². The molecule has 0 spiro atoms. The molecule has 0 radical (unpaired) electrons. The summed E-state index contributed by atoms with van der Waals surface area (Å²) in [4.78, 5) is 16.5. The Kier molecular flexibility index (Phi) is 4.60. The smallest absolute Gasteiger partial charge is 0.227 e. The van der Waals surface area contributed by atoms with Crippen molar-refractivity contribution in [2.45, 2.75) is 18.9 Å². The number of rotatable bonds is 3. The van der Waals surface area contributed by atoms with E-state index in [1.165, 1.54) is 16.0 Å². The van der Waals surface area contributed by atoms with Crippen LogP contribution in [0.3, 0.4) is 0 Å². The number of fused-ring (bicyclic) bond motifs is 1. The molecule has 126 valence electrons. The molecule has 4 rings (SSSR count). The number of hydrogen-bond donors (Lipinski definition) is 0. The van der Waals surface area contributed by atoms with Gasteiger partial charge >= 0.3 is 0 Å². The van der Waals surface area contributed by atoms with E-state index in [0.29, 0.717) is 11.4 Å². The molecule has 1 atom stereocenters. The van der Waals surface area contributed by atoms with Gasteiger partial charge in [-0.1, -0.05) is 54.1 Å². The largest absolute Gasteiger partial charge is 0.331 e. The number of carbonyl (C=O) groups excluding carboxylic acids is 1. The van der Waals surface area contributed by atoms with Crippen molar-refractivity contribution < 1.29 is 4.79 Å². The van der Waals surface area contributed by atoms with Crippen molar-refractivity contribution in [2.75, 3.05) is 6.54 Å². The minimum absolute atomic E-state index is 0.0102. The third-order valence-electron chi connectivity index (χ3n) is 4.67. The number of benzene rings is 2. The molecule has 2 aromatic carbocycles. The highest BCUT2D eigenvalue weighted by Crippen LogP contribution is 2.37. The molecular weight excluding hydrogens is 350 g/mol. The van der Waals surface area contributed by atoms with Gasteiger partial charge in [0.25, 0.3) is 0 Å². The first-order valence-corrected chi connectivity index (χ1v) is 9.63. The van der Waals surface area contributed by atoms with Crippen molar-refractivity contribution in [2.24, 2.45) is 0 Å². The Morgan fingerprint density at radius 2 is 1.84 bits per heavy atom. The molecule has 1 unspecified atom stereocenters. The van der Waals surface area contributed by atoms with Crippen LogP contribution in [0, 0.1) is 0 Å². The summed E-state index contributed by atoms with van der Waals surface area (Å²) in [6, 6.07) is 20.0. The van der Waals surface area contributed by atoms with E-state index in [0.717, 1.165) is 18.5 Å². The fourth-order valence-electron chi connectivity index (χ4n) is 3.46. The standard InChI is InChI=1S/C21H18ClNOS/c22-17-8-6-15(7-9-17)14-20(24)23-12-10-19-18(11-13-25-19)21(23)16-4-2-1-3-5-16/h1-9,11,13,21H,10,12,14H2. The van der Waals surface area contributed by atoms with Gasteiger partial charge in [-0.2, -0.15) is 0 Å². The monoisotopic (exact) mass is 367 g/mol. The highest BCUT2D eigenvalue weighted by Gasteiger charge is 2.32. The van der Waals surface area contributed by atoms with Gasteiger partial charge in [-0.05, 0) is 46.7 Å². The van der Waals surface area contributed by atoms with Gasteiger partial charge in [0.05, 0.1) is 12.5 Å². The van der Waals surface area contributed by atoms with E-state index < -0.39 is 0 Å². The molecule has 2 heterocycles. The van der Waals surface area contributed by atoms with Crippen LogP contribution < -0.4 is 0 Å². The second-order valence-electron chi connectivity index (χ2n) is 6.25. The van der Waals surface area contributed by atoms with Crippen LogP contribution in [0.2, 0.25) is 5.02 Å². The van der Waals surface area contributed by atoms with Gasteiger partial charge in [0.15, 0.2) is 0 Å². The molecule has 3 aromatic rings. The summed E-state index contributed by atoms with van der Waals surface area (Å²) in [6.07, 6.45) is 1.34. The van der Waals surface area contributed by atoms with E-state index >= 15 is 0 Å². The predicted molar refractivity (Wildman–Crippen MR) is 103 cm³/mol. The van der Waals surface area contributed by atoms with Gasteiger partial charge in [-0.3, -0.25) is 4.79 Å². The second-order valence-corrected chi connectivity index (χ2v) is 7.69. The van der Waals surface area contributed by atoms with E-state index in [9.17, 15) is 4.79 Å². The number of carbonyl (C=O) groups is 1. The Labute approximate surface area is 156 Å². The highest BCUT2D eigenvalue weighted by atomic mass is 35.5. The lowest BCUT2D eigenvalue weighted by Gasteiger charge is -2.36. The summed E-state index contributed by atoms with van der Waals surface area (Å²) in [5.41, 5.74) is 3.44. The Bertz CT molecular complexity index is 872. The summed E-state index contributed by atoms with van der Waals surface area (Å²) in [6.45, 7) is 0.763. The molecule has 1 aliphatic rings. The predicted octanol–water partition coefficient (Wildman–Crippen LogP) is 5.12. The zero-order valence-electron chi connectivity index (χ0n) is 13.7. The molecule has 0 aliphatic carbocycles. The van der Waals surface area contributed by atoms with Crippen molar-refractivity contribution in [1.82, 2.24) is 4.90 Å². The maximum Gasteiger partial charge on any atom is 0.227 e. The lowest BCUT2D eigenvalue weighted by atomic mass is 9.92. The van der Waals surface area contributed by atoms with Crippen molar-refractivity contribution >= 4 is 28.8 Å². The molecule has 0 fully saturated rings. The quantitative estimate of drug-likeness (QED) is 0.629.